The van der Waals surface area contributed by atoms with E-state index in [9.17, 15) is 4.79 Å². The summed E-state index contributed by atoms with van der Waals surface area (Å²) in [5.41, 5.74) is 2.17. The summed E-state index contributed by atoms with van der Waals surface area (Å²) in [5, 5.41) is 3.26. The summed E-state index contributed by atoms with van der Waals surface area (Å²) in [7, 11) is 3.47. The van der Waals surface area contributed by atoms with Crippen LogP contribution in [0, 0.1) is 0 Å². The minimum Gasteiger partial charge on any atom is -0.384 e. The number of hydrogen-bond acceptors (Lipinski definition) is 3. The first kappa shape index (κ1) is 11.9. The first-order valence-electron chi connectivity index (χ1n) is 5.80. The smallest absolute Gasteiger partial charge is 0.231 e. The Morgan fingerprint density at radius 3 is 3.06 bits per heavy atom. The van der Waals surface area contributed by atoms with E-state index in [2.05, 4.69) is 5.32 Å². The lowest BCUT2D eigenvalue weighted by atomic mass is 10.00. The third-order valence-electron chi connectivity index (χ3n) is 3.14. The molecule has 1 amide bonds. The number of para-hydroxylation sites is 1. The van der Waals surface area contributed by atoms with Gasteiger partial charge in [0.05, 0.1) is 12.5 Å². The first-order chi connectivity index (χ1) is 8.24. The standard InChI is InChI=1S/C13H18N2O2/c1-15(7-8-17-2)13(16)11-9-14-12-6-4-3-5-10(11)12/h3-6,11,14H,7-9H2,1-2H3. The average molecular weight is 234 g/mol. The number of methoxy groups -OCH3 is 1. The molecular weight excluding hydrogens is 216 g/mol. The van der Waals surface area contributed by atoms with Gasteiger partial charge in [-0.3, -0.25) is 4.79 Å². The summed E-state index contributed by atoms with van der Waals surface area (Å²) in [5.74, 6) is 0.0903. The highest BCUT2D eigenvalue weighted by Crippen LogP contribution is 2.31. The topological polar surface area (TPSA) is 41.6 Å². The van der Waals surface area contributed by atoms with Crippen LogP contribution in [0.25, 0.3) is 0 Å². The Bertz CT molecular complexity index is 406. The molecule has 0 aromatic heterocycles. The van der Waals surface area contributed by atoms with E-state index in [1.165, 1.54) is 0 Å². The fourth-order valence-corrected chi connectivity index (χ4v) is 2.11. The lowest BCUT2D eigenvalue weighted by Crippen LogP contribution is -2.34. The molecule has 1 unspecified atom stereocenters. The van der Waals surface area contributed by atoms with Crippen LogP contribution in [0.2, 0.25) is 0 Å². The third-order valence-corrected chi connectivity index (χ3v) is 3.14. The van der Waals surface area contributed by atoms with Crippen molar-refractivity contribution >= 4 is 11.6 Å². The van der Waals surface area contributed by atoms with Crippen molar-refractivity contribution in [2.24, 2.45) is 0 Å². The maximum atomic E-state index is 12.2. The molecule has 0 radical (unpaired) electrons. The molecule has 0 aliphatic carbocycles. The van der Waals surface area contributed by atoms with Crippen LogP contribution < -0.4 is 5.32 Å². The Hall–Kier alpha value is -1.55. The summed E-state index contributed by atoms with van der Waals surface area (Å²) in [6.45, 7) is 1.90. The van der Waals surface area contributed by atoms with Crippen molar-refractivity contribution in [1.82, 2.24) is 4.90 Å². The lowest BCUT2D eigenvalue weighted by Gasteiger charge is -2.20. The summed E-state index contributed by atoms with van der Waals surface area (Å²) < 4.78 is 4.99. The van der Waals surface area contributed by atoms with Gasteiger partial charge in [-0.25, -0.2) is 0 Å². The molecule has 4 heteroatoms. The second-order valence-corrected chi connectivity index (χ2v) is 4.27. The molecule has 0 spiro atoms. The van der Waals surface area contributed by atoms with E-state index in [0.29, 0.717) is 19.7 Å². The molecule has 1 aromatic carbocycles. The molecule has 0 fully saturated rings. The van der Waals surface area contributed by atoms with Crippen LogP contribution in [-0.2, 0) is 9.53 Å². The fourth-order valence-electron chi connectivity index (χ4n) is 2.11. The molecule has 17 heavy (non-hydrogen) atoms. The molecule has 2 rings (SSSR count). The van der Waals surface area contributed by atoms with E-state index in [0.717, 1.165) is 11.3 Å². The molecule has 92 valence electrons. The molecule has 1 aromatic rings. The fraction of sp³-hybridized carbons (Fsp3) is 0.462. The molecule has 0 saturated heterocycles. The number of carbonyl (C=O) groups excluding carboxylic acids is 1. The zero-order valence-electron chi connectivity index (χ0n) is 10.3. The summed E-state index contributed by atoms with van der Waals surface area (Å²) in [4.78, 5) is 14.0. The van der Waals surface area contributed by atoms with Crippen LogP contribution in [0.15, 0.2) is 24.3 Å². The van der Waals surface area contributed by atoms with Crippen molar-refractivity contribution in [2.75, 3.05) is 39.2 Å². The van der Waals surface area contributed by atoms with Gasteiger partial charge in [0, 0.05) is 32.9 Å². The largest absolute Gasteiger partial charge is 0.384 e. The Labute approximate surface area is 102 Å². The van der Waals surface area contributed by atoms with Gasteiger partial charge in [-0.1, -0.05) is 18.2 Å². The number of nitrogens with zero attached hydrogens (tertiary/aromatic N) is 1. The maximum absolute atomic E-state index is 12.2. The van der Waals surface area contributed by atoms with Crippen molar-refractivity contribution in [3.8, 4) is 0 Å². The van der Waals surface area contributed by atoms with Crippen LogP contribution >= 0.6 is 0 Å². The normalized spacial score (nSPS) is 17.4. The predicted octanol–water partition coefficient (Wildman–Crippen LogP) is 1.30. The lowest BCUT2D eigenvalue weighted by molar-refractivity contribution is -0.131. The van der Waals surface area contributed by atoms with Crippen molar-refractivity contribution in [2.45, 2.75) is 5.92 Å². The van der Waals surface area contributed by atoms with Gasteiger partial charge in [0.15, 0.2) is 0 Å². The Morgan fingerprint density at radius 1 is 1.53 bits per heavy atom. The summed E-state index contributed by atoms with van der Waals surface area (Å²) in [6.07, 6.45) is 0. The molecule has 1 atom stereocenters. The molecule has 4 nitrogen and oxygen atoms in total. The number of rotatable bonds is 4. The van der Waals surface area contributed by atoms with Crippen molar-refractivity contribution < 1.29 is 9.53 Å². The Balaban J connectivity index is 2.07. The third kappa shape index (κ3) is 2.42. The first-order valence-corrected chi connectivity index (χ1v) is 5.80. The maximum Gasteiger partial charge on any atom is 0.231 e. The average Bonchev–Trinajstić information content (AvgIpc) is 2.78. The van der Waals surface area contributed by atoms with Gasteiger partial charge in [-0.15, -0.1) is 0 Å². The molecule has 0 bridgehead atoms. The highest BCUT2D eigenvalue weighted by atomic mass is 16.5. The van der Waals surface area contributed by atoms with Crippen LogP contribution in [0.1, 0.15) is 11.5 Å². The molecule has 1 N–H and O–H groups in total. The predicted molar refractivity (Wildman–Crippen MR) is 67.2 cm³/mol. The number of hydrogen-bond donors (Lipinski definition) is 1. The number of amides is 1. The van der Waals surface area contributed by atoms with E-state index in [1.807, 2.05) is 31.3 Å². The number of nitrogens with one attached hydrogen (secondary N) is 1. The molecule has 0 saturated carbocycles. The van der Waals surface area contributed by atoms with Crippen LogP contribution in [0.3, 0.4) is 0 Å². The number of benzene rings is 1. The van der Waals surface area contributed by atoms with Gasteiger partial charge < -0.3 is 15.0 Å². The number of likely N-dealkylation sites (N-methyl/N-ethyl adjacent to an activating group) is 1. The minimum absolute atomic E-state index is 0.0620. The van der Waals surface area contributed by atoms with Crippen LogP contribution in [-0.4, -0.2) is 44.7 Å². The van der Waals surface area contributed by atoms with Crippen molar-refractivity contribution in [3.63, 3.8) is 0 Å². The monoisotopic (exact) mass is 234 g/mol. The quantitative estimate of drug-likeness (QED) is 0.853. The van der Waals surface area contributed by atoms with Gasteiger partial charge in [0.1, 0.15) is 0 Å². The van der Waals surface area contributed by atoms with Gasteiger partial charge in [-0.2, -0.15) is 0 Å². The van der Waals surface area contributed by atoms with Crippen LogP contribution in [0.5, 0.6) is 0 Å². The molecule has 1 heterocycles. The molecule has 1 aliphatic rings. The highest BCUT2D eigenvalue weighted by molar-refractivity contribution is 5.88. The Kier molecular flexibility index (Phi) is 3.64. The zero-order chi connectivity index (χ0) is 12.3. The van der Waals surface area contributed by atoms with Gasteiger partial charge in [0.2, 0.25) is 5.91 Å². The number of carbonyl (C=O) groups is 1. The molecular formula is C13H18N2O2. The zero-order valence-corrected chi connectivity index (χ0v) is 10.3. The number of ether oxygens (including phenoxy) is 1. The van der Waals surface area contributed by atoms with Gasteiger partial charge in [0.25, 0.3) is 0 Å². The van der Waals surface area contributed by atoms with E-state index in [4.69, 9.17) is 4.74 Å². The van der Waals surface area contributed by atoms with E-state index in [-0.39, 0.29) is 11.8 Å². The minimum atomic E-state index is -0.0620. The SMILES string of the molecule is COCCN(C)C(=O)C1CNc2ccccc21. The van der Waals surface area contributed by atoms with Crippen molar-refractivity contribution in [3.05, 3.63) is 29.8 Å². The summed E-state index contributed by atoms with van der Waals surface area (Å²) >= 11 is 0. The van der Waals surface area contributed by atoms with E-state index >= 15 is 0 Å². The van der Waals surface area contributed by atoms with E-state index in [1.54, 1.807) is 12.0 Å². The second-order valence-electron chi connectivity index (χ2n) is 4.27. The number of fused-ring (bicyclic) bond motifs is 1. The Morgan fingerprint density at radius 2 is 2.29 bits per heavy atom. The van der Waals surface area contributed by atoms with E-state index < -0.39 is 0 Å². The second kappa shape index (κ2) is 5.19. The van der Waals surface area contributed by atoms with Crippen LogP contribution in [0.4, 0.5) is 5.69 Å². The van der Waals surface area contributed by atoms with Gasteiger partial charge in [-0.05, 0) is 11.6 Å². The summed E-state index contributed by atoms with van der Waals surface area (Å²) in [6, 6.07) is 7.98. The molecule has 1 aliphatic heterocycles. The van der Waals surface area contributed by atoms with Crippen molar-refractivity contribution in [1.29, 1.82) is 0 Å². The number of anilines is 1. The highest BCUT2D eigenvalue weighted by Gasteiger charge is 2.29. The van der Waals surface area contributed by atoms with Gasteiger partial charge >= 0.3 is 0 Å².